The lowest BCUT2D eigenvalue weighted by atomic mass is 10.3. The van der Waals surface area contributed by atoms with E-state index < -0.39 is 5.97 Å². The molecule has 1 fully saturated rings. The van der Waals surface area contributed by atoms with E-state index in [1.165, 1.54) is 0 Å². The molecule has 27 heavy (non-hydrogen) atoms. The molecular weight excluding hydrogens is 372 g/mol. The Morgan fingerprint density at radius 2 is 2.15 bits per heavy atom. The normalized spacial score (nSPS) is 17.0. The fraction of sp³-hybridized carbons (Fsp3) is 0.444. The van der Waals surface area contributed by atoms with E-state index in [0.29, 0.717) is 25.5 Å². The Bertz CT molecular complexity index is 867. The number of aromatic nitrogens is 3. The van der Waals surface area contributed by atoms with Crippen LogP contribution in [0.25, 0.3) is 5.82 Å². The van der Waals surface area contributed by atoms with Crippen molar-refractivity contribution < 1.29 is 19.1 Å². The number of carbonyl (C=O) groups excluding carboxylic acids is 2. The Morgan fingerprint density at radius 3 is 2.81 bits per heavy atom. The molecule has 9 heteroatoms. The number of aryl methyl sites for hydroxylation is 2. The minimum Gasteiger partial charge on any atom is -0.451 e. The lowest BCUT2D eigenvalue weighted by Crippen LogP contribution is -2.46. The molecule has 1 unspecified atom stereocenters. The zero-order valence-corrected chi connectivity index (χ0v) is 16.2. The van der Waals surface area contributed by atoms with Crippen LogP contribution in [0.1, 0.15) is 28.8 Å². The predicted octanol–water partition coefficient (Wildman–Crippen LogP) is 1.94. The quantitative estimate of drug-likeness (QED) is 0.739. The molecule has 0 saturated carbocycles. The second-order valence-electron chi connectivity index (χ2n) is 6.44. The number of pyridine rings is 1. The molecule has 1 amide bonds. The largest absolute Gasteiger partial charge is 0.451 e. The summed E-state index contributed by atoms with van der Waals surface area (Å²) in [6, 6.07) is 5.12. The first-order valence-electron chi connectivity index (χ1n) is 8.62. The number of hydrogen-bond acceptors (Lipinski definition) is 6. The van der Waals surface area contributed by atoms with E-state index in [9.17, 15) is 9.59 Å². The highest BCUT2D eigenvalue weighted by Gasteiger charge is 2.23. The highest BCUT2D eigenvalue weighted by Crippen LogP contribution is 2.18. The standard InChI is InChI=1S/C18H21ClN4O4/c1-11-8-12(2)23(21-11)15-5-4-14(19)17(20-15)18(25)27-10-16(24)22-6-7-26-13(3)9-22/h4-5,8,13H,6-7,9-10H2,1-3H3. The van der Waals surface area contributed by atoms with Crippen molar-refractivity contribution in [3.8, 4) is 5.82 Å². The SMILES string of the molecule is Cc1cc(C)n(-c2ccc(Cl)c(C(=O)OCC(=O)N3CCOC(C)C3)n2)n1. The molecule has 3 rings (SSSR count). The van der Waals surface area contributed by atoms with Gasteiger partial charge in [0.15, 0.2) is 18.1 Å². The Labute approximate surface area is 162 Å². The van der Waals surface area contributed by atoms with E-state index >= 15 is 0 Å². The number of halogens is 1. The van der Waals surface area contributed by atoms with Gasteiger partial charge in [0, 0.05) is 18.8 Å². The first-order valence-corrected chi connectivity index (χ1v) is 8.99. The summed E-state index contributed by atoms with van der Waals surface area (Å²) in [4.78, 5) is 30.5. The molecule has 1 aliphatic rings. The Morgan fingerprint density at radius 1 is 1.37 bits per heavy atom. The van der Waals surface area contributed by atoms with Gasteiger partial charge in [0.1, 0.15) is 0 Å². The van der Waals surface area contributed by atoms with Crippen molar-refractivity contribution in [3.05, 3.63) is 40.3 Å². The minimum atomic E-state index is -0.752. The predicted molar refractivity (Wildman–Crippen MR) is 98.1 cm³/mol. The topological polar surface area (TPSA) is 86.5 Å². The Hall–Kier alpha value is -2.45. The average molecular weight is 393 g/mol. The highest BCUT2D eigenvalue weighted by atomic mass is 35.5. The zero-order chi connectivity index (χ0) is 19.6. The van der Waals surface area contributed by atoms with E-state index in [1.807, 2.05) is 26.8 Å². The summed E-state index contributed by atoms with van der Waals surface area (Å²) >= 11 is 6.10. The van der Waals surface area contributed by atoms with Crippen molar-refractivity contribution in [2.75, 3.05) is 26.3 Å². The number of morpholine rings is 1. The van der Waals surface area contributed by atoms with E-state index in [2.05, 4.69) is 10.1 Å². The fourth-order valence-electron chi connectivity index (χ4n) is 2.89. The molecule has 0 aromatic carbocycles. The highest BCUT2D eigenvalue weighted by molar-refractivity contribution is 6.33. The second-order valence-corrected chi connectivity index (χ2v) is 6.84. The molecule has 1 atom stereocenters. The molecule has 144 valence electrons. The number of esters is 1. The third-order valence-electron chi connectivity index (χ3n) is 4.17. The van der Waals surface area contributed by atoms with Crippen LogP contribution >= 0.6 is 11.6 Å². The molecule has 3 heterocycles. The van der Waals surface area contributed by atoms with Crippen LogP contribution in [0.15, 0.2) is 18.2 Å². The van der Waals surface area contributed by atoms with Crippen molar-refractivity contribution in [2.24, 2.45) is 0 Å². The summed E-state index contributed by atoms with van der Waals surface area (Å²) in [5.74, 6) is -0.576. The van der Waals surface area contributed by atoms with Crippen molar-refractivity contribution >= 4 is 23.5 Å². The molecule has 0 aliphatic carbocycles. The van der Waals surface area contributed by atoms with Gasteiger partial charge in [0.05, 0.1) is 23.4 Å². The minimum absolute atomic E-state index is 0.0352. The van der Waals surface area contributed by atoms with Crippen molar-refractivity contribution in [3.63, 3.8) is 0 Å². The van der Waals surface area contributed by atoms with Crippen LogP contribution in [-0.2, 0) is 14.3 Å². The van der Waals surface area contributed by atoms with E-state index in [4.69, 9.17) is 21.1 Å². The lowest BCUT2D eigenvalue weighted by Gasteiger charge is -2.30. The van der Waals surface area contributed by atoms with Crippen LogP contribution in [0.5, 0.6) is 0 Å². The fourth-order valence-corrected chi connectivity index (χ4v) is 3.07. The summed E-state index contributed by atoms with van der Waals surface area (Å²) in [6.07, 6.45) is -0.0352. The summed E-state index contributed by atoms with van der Waals surface area (Å²) in [5.41, 5.74) is 1.65. The number of ether oxygens (including phenoxy) is 2. The van der Waals surface area contributed by atoms with Crippen LogP contribution in [0.2, 0.25) is 5.02 Å². The monoisotopic (exact) mass is 392 g/mol. The van der Waals surface area contributed by atoms with Crippen LogP contribution in [0.3, 0.4) is 0 Å². The van der Waals surface area contributed by atoms with Crippen LogP contribution in [0, 0.1) is 13.8 Å². The molecular formula is C18H21ClN4O4. The van der Waals surface area contributed by atoms with Crippen LogP contribution in [-0.4, -0.2) is 63.9 Å². The van der Waals surface area contributed by atoms with Crippen molar-refractivity contribution in [1.82, 2.24) is 19.7 Å². The van der Waals surface area contributed by atoms with E-state index in [0.717, 1.165) is 11.4 Å². The summed E-state index contributed by atoms with van der Waals surface area (Å²) in [5, 5.41) is 4.49. The Balaban J connectivity index is 1.70. The third-order valence-corrected chi connectivity index (χ3v) is 4.48. The van der Waals surface area contributed by atoms with Gasteiger partial charge >= 0.3 is 5.97 Å². The first-order chi connectivity index (χ1) is 12.8. The molecule has 1 saturated heterocycles. The molecule has 0 N–H and O–H groups in total. The number of rotatable bonds is 4. The van der Waals surface area contributed by atoms with Gasteiger partial charge in [0.2, 0.25) is 0 Å². The first kappa shape index (κ1) is 19.3. The van der Waals surface area contributed by atoms with Gasteiger partial charge in [-0.3, -0.25) is 4.79 Å². The van der Waals surface area contributed by atoms with Gasteiger partial charge in [-0.05, 0) is 39.0 Å². The second kappa shape index (κ2) is 8.06. The number of amides is 1. The van der Waals surface area contributed by atoms with Gasteiger partial charge in [-0.1, -0.05) is 11.6 Å². The molecule has 0 spiro atoms. The van der Waals surface area contributed by atoms with E-state index in [-0.39, 0.29) is 29.3 Å². The van der Waals surface area contributed by atoms with Gasteiger partial charge < -0.3 is 14.4 Å². The lowest BCUT2D eigenvalue weighted by molar-refractivity contribution is -0.141. The van der Waals surface area contributed by atoms with Gasteiger partial charge in [-0.2, -0.15) is 5.10 Å². The van der Waals surface area contributed by atoms with E-state index in [1.54, 1.807) is 21.7 Å². The van der Waals surface area contributed by atoms with Crippen LogP contribution in [0.4, 0.5) is 0 Å². The molecule has 1 aliphatic heterocycles. The van der Waals surface area contributed by atoms with Crippen molar-refractivity contribution in [2.45, 2.75) is 26.9 Å². The zero-order valence-electron chi connectivity index (χ0n) is 15.4. The van der Waals surface area contributed by atoms with Crippen molar-refractivity contribution in [1.29, 1.82) is 0 Å². The summed E-state index contributed by atoms with van der Waals surface area (Å²) in [6.45, 7) is 6.70. The summed E-state index contributed by atoms with van der Waals surface area (Å²) < 4.78 is 12.1. The third kappa shape index (κ3) is 4.45. The maximum Gasteiger partial charge on any atom is 0.359 e. The average Bonchev–Trinajstić information content (AvgIpc) is 2.98. The number of hydrogen-bond donors (Lipinski definition) is 0. The maximum absolute atomic E-state index is 12.4. The Kier molecular flexibility index (Phi) is 5.76. The summed E-state index contributed by atoms with van der Waals surface area (Å²) in [7, 11) is 0. The van der Waals surface area contributed by atoms with Crippen LogP contribution < -0.4 is 0 Å². The van der Waals surface area contributed by atoms with Gasteiger partial charge in [-0.25, -0.2) is 14.5 Å². The molecule has 2 aromatic rings. The number of nitrogens with zero attached hydrogens (tertiary/aromatic N) is 4. The molecule has 8 nitrogen and oxygen atoms in total. The molecule has 2 aromatic heterocycles. The molecule has 0 bridgehead atoms. The van der Waals surface area contributed by atoms with Gasteiger partial charge in [-0.15, -0.1) is 0 Å². The molecule has 0 radical (unpaired) electrons. The maximum atomic E-state index is 12.4. The smallest absolute Gasteiger partial charge is 0.359 e. The van der Waals surface area contributed by atoms with Gasteiger partial charge in [0.25, 0.3) is 5.91 Å². The number of carbonyl (C=O) groups is 2.